The van der Waals surface area contributed by atoms with Crippen LogP contribution in [0.2, 0.25) is 0 Å². The minimum absolute atomic E-state index is 0.227. The van der Waals surface area contributed by atoms with E-state index in [2.05, 4.69) is 87.2 Å². The van der Waals surface area contributed by atoms with Gasteiger partial charge in [-0.3, -0.25) is 0 Å². The van der Waals surface area contributed by atoms with Gasteiger partial charge in [-0.05, 0) is 99.1 Å². The highest BCUT2D eigenvalue weighted by Crippen LogP contribution is 2.60. The van der Waals surface area contributed by atoms with Crippen LogP contribution in [0.25, 0.3) is 22.3 Å². The molecule has 2 aliphatic rings. The normalized spacial score (nSPS) is 15.8. The minimum Gasteiger partial charge on any atom is -0.309 e. The first-order valence-corrected chi connectivity index (χ1v) is 13.4. The molecule has 0 aliphatic carbocycles. The molecule has 3 heteroatoms. The Morgan fingerprint density at radius 3 is 1.54 bits per heavy atom. The van der Waals surface area contributed by atoms with Gasteiger partial charge in [-0.15, -0.1) is 0 Å². The first-order valence-electron chi connectivity index (χ1n) is 13.4. The molecule has 0 saturated heterocycles. The molecule has 0 saturated carbocycles. The van der Waals surface area contributed by atoms with Gasteiger partial charge in [0.05, 0.1) is 17.1 Å². The Hall–Kier alpha value is -4.24. The van der Waals surface area contributed by atoms with Crippen LogP contribution in [0, 0.1) is 11.6 Å². The van der Waals surface area contributed by atoms with Gasteiger partial charge in [-0.1, -0.05) is 76.2 Å². The summed E-state index contributed by atoms with van der Waals surface area (Å²) in [4.78, 5) is 2.43. The Morgan fingerprint density at radius 2 is 0.923 bits per heavy atom. The Kier molecular flexibility index (Phi) is 4.97. The van der Waals surface area contributed by atoms with E-state index < -0.39 is 0 Å². The third kappa shape index (κ3) is 3.42. The highest BCUT2D eigenvalue weighted by molar-refractivity contribution is 5.95. The summed E-state index contributed by atoms with van der Waals surface area (Å²) in [7, 11) is 0. The highest BCUT2D eigenvalue weighted by atomic mass is 19.1. The predicted octanol–water partition coefficient (Wildman–Crippen LogP) is 10.0. The average Bonchev–Trinajstić information content (AvgIpc) is 2.93. The number of halogens is 2. The molecule has 5 aromatic carbocycles. The van der Waals surface area contributed by atoms with E-state index in [9.17, 15) is 8.78 Å². The van der Waals surface area contributed by atoms with Crippen LogP contribution in [0.1, 0.15) is 49.9 Å². The second kappa shape index (κ2) is 8.13. The molecule has 1 nitrogen and oxygen atoms in total. The minimum atomic E-state index is -0.315. The highest BCUT2D eigenvalue weighted by Gasteiger charge is 2.45. The maximum atomic E-state index is 13.8. The van der Waals surface area contributed by atoms with Crippen LogP contribution in [-0.4, -0.2) is 0 Å². The topological polar surface area (TPSA) is 3.24 Å². The molecule has 0 aromatic heterocycles. The SMILES string of the molecule is CC1(C)c2ccccc2N2c3ccc(-c4ccc(F)cc4)cc3C(C)(C)c3cc(-c4ccc(F)cc4)cc1c32. The molecule has 0 fully saturated rings. The summed E-state index contributed by atoms with van der Waals surface area (Å²) in [6.45, 7) is 9.17. The number of fused-ring (bicyclic) bond motifs is 4. The number of benzene rings is 5. The fourth-order valence-electron chi connectivity index (χ4n) is 6.55. The van der Waals surface area contributed by atoms with Gasteiger partial charge in [0.2, 0.25) is 0 Å². The van der Waals surface area contributed by atoms with Crippen LogP contribution < -0.4 is 4.90 Å². The van der Waals surface area contributed by atoms with Crippen LogP contribution in [0.4, 0.5) is 25.8 Å². The number of para-hydroxylation sites is 1. The summed E-state index contributed by atoms with van der Waals surface area (Å²) in [5.74, 6) is -0.472. The third-order valence-corrected chi connectivity index (χ3v) is 8.76. The van der Waals surface area contributed by atoms with E-state index in [0.29, 0.717) is 0 Å². The van der Waals surface area contributed by atoms with E-state index in [4.69, 9.17) is 0 Å². The largest absolute Gasteiger partial charge is 0.309 e. The maximum Gasteiger partial charge on any atom is 0.123 e. The van der Waals surface area contributed by atoms with E-state index in [1.165, 1.54) is 57.9 Å². The molecule has 0 spiro atoms. The summed E-state index contributed by atoms with van der Waals surface area (Å²) in [5.41, 5.74) is 12.2. The second-order valence-electron chi connectivity index (χ2n) is 11.8. The monoisotopic (exact) mass is 513 g/mol. The van der Waals surface area contributed by atoms with Gasteiger partial charge in [-0.25, -0.2) is 8.78 Å². The molecule has 0 bridgehead atoms. The molecular formula is C36H29F2N. The quantitative estimate of drug-likeness (QED) is 0.227. The maximum absolute atomic E-state index is 13.8. The number of nitrogens with zero attached hydrogens (tertiary/aromatic N) is 1. The van der Waals surface area contributed by atoms with E-state index in [1.54, 1.807) is 0 Å². The molecule has 7 rings (SSSR count). The Morgan fingerprint density at radius 1 is 0.462 bits per heavy atom. The zero-order valence-electron chi connectivity index (χ0n) is 22.5. The van der Waals surface area contributed by atoms with Crippen molar-refractivity contribution in [3.8, 4) is 22.3 Å². The van der Waals surface area contributed by atoms with Gasteiger partial charge in [0.25, 0.3) is 0 Å². The van der Waals surface area contributed by atoms with Crippen LogP contribution in [0.5, 0.6) is 0 Å². The summed E-state index contributed by atoms with van der Waals surface area (Å²) < 4.78 is 27.5. The summed E-state index contributed by atoms with van der Waals surface area (Å²) in [6, 6.07) is 33.4. The Balaban J connectivity index is 1.54. The predicted molar refractivity (Wildman–Crippen MR) is 156 cm³/mol. The van der Waals surface area contributed by atoms with Crippen LogP contribution in [0.15, 0.2) is 103 Å². The van der Waals surface area contributed by atoms with Gasteiger partial charge in [0.1, 0.15) is 11.6 Å². The zero-order valence-corrected chi connectivity index (χ0v) is 22.5. The standard InChI is InChI=1S/C36H29F2N/c1-35(2)28-7-5-6-8-32(28)39-33-18-13-24(22-9-14-26(37)15-10-22)19-29(33)36(3,4)31-21-25(20-30(35)34(31)39)23-11-16-27(38)17-12-23/h5-21H,1-4H3. The van der Waals surface area contributed by atoms with Crippen LogP contribution in [-0.2, 0) is 10.8 Å². The molecule has 0 N–H and O–H groups in total. The lowest BCUT2D eigenvalue weighted by molar-refractivity contribution is 0.598. The Labute approximate surface area is 228 Å². The molecule has 39 heavy (non-hydrogen) atoms. The number of hydrogen-bond donors (Lipinski definition) is 0. The van der Waals surface area contributed by atoms with Crippen LogP contribution >= 0.6 is 0 Å². The molecule has 192 valence electrons. The Bertz CT molecular complexity index is 1760. The molecule has 2 aliphatic heterocycles. The van der Waals surface area contributed by atoms with Crippen molar-refractivity contribution in [1.29, 1.82) is 0 Å². The molecule has 0 unspecified atom stereocenters. The number of rotatable bonds is 2. The van der Waals surface area contributed by atoms with Crippen LogP contribution in [0.3, 0.4) is 0 Å². The lowest BCUT2D eigenvalue weighted by Gasteiger charge is -2.49. The van der Waals surface area contributed by atoms with Crippen molar-refractivity contribution in [3.63, 3.8) is 0 Å². The van der Waals surface area contributed by atoms with E-state index >= 15 is 0 Å². The van der Waals surface area contributed by atoms with E-state index in [-0.39, 0.29) is 22.5 Å². The van der Waals surface area contributed by atoms with Crippen molar-refractivity contribution >= 4 is 17.1 Å². The fraction of sp³-hybridized carbons (Fsp3) is 0.167. The average molecular weight is 514 g/mol. The van der Waals surface area contributed by atoms with Crippen molar-refractivity contribution in [1.82, 2.24) is 0 Å². The van der Waals surface area contributed by atoms with E-state index in [1.807, 2.05) is 24.3 Å². The number of anilines is 3. The van der Waals surface area contributed by atoms with Crippen molar-refractivity contribution in [2.75, 3.05) is 4.90 Å². The van der Waals surface area contributed by atoms with Crippen molar-refractivity contribution in [3.05, 3.63) is 137 Å². The van der Waals surface area contributed by atoms with Gasteiger partial charge >= 0.3 is 0 Å². The van der Waals surface area contributed by atoms with Gasteiger partial charge in [0, 0.05) is 10.8 Å². The van der Waals surface area contributed by atoms with Gasteiger partial charge < -0.3 is 4.90 Å². The molecule has 0 radical (unpaired) electrons. The second-order valence-corrected chi connectivity index (χ2v) is 11.8. The lowest BCUT2D eigenvalue weighted by Crippen LogP contribution is -2.38. The summed E-state index contributed by atoms with van der Waals surface area (Å²) in [5, 5.41) is 0. The van der Waals surface area contributed by atoms with Crippen molar-refractivity contribution in [2.45, 2.75) is 38.5 Å². The smallest absolute Gasteiger partial charge is 0.123 e. The zero-order chi connectivity index (χ0) is 27.1. The van der Waals surface area contributed by atoms with Crippen molar-refractivity contribution < 1.29 is 8.78 Å². The molecule has 0 amide bonds. The number of hydrogen-bond acceptors (Lipinski definition) is 1. The molecule has 2 heterocycles. The first kappa shape index (κ1) is 23.8. The van der Waals surface area contributed by atoms with E-state index in [0.717, 1.165) is 27.9 Å². The molecular weight excluding hydrogens is 484 g/mol. The fourth-order valence-corrected chi connectivity index (χ4v) is 6.55. The van der Waals surface area contributed by atoms with Gasteiger partial charge in [0.15, 0.2) is 0 Å². The van der Waals surface area contributed by atoms with Crippen molar-refractivity contribution in [2.24, 2.45) is 0 Å². The first-order chi connectivity index (χ1) is 18.7. The third-order valence-electron chi connectivity index (χ3n) is 8.76. The lowest BCUT2D eigenvalue weighted by atomic mass is 9.65. The van der Waals surface area contributed by atoms with Gasteiger partial charge in [-0.2, -0.15) is 0 Å². The summed E-state index contributed by atoms with van der Waals surface area (Å²) >= 11 is 0. The molecule has 0 atom stereocenters. The molecule has 5 aromatic rings. The summed E-state index contributed by atoms with van der Waals surface area (Å²) in [6.07, 6.45) is 0.